The van der Waals surface area contributed by atoms with E-state index in [2.05, 4.69) is 15.3 Å². The second kappa shape index (κ2) is 7.33. The first-order valence-electron chi connectivity index (χ1n) is 6.76. The monoisotopic (exact) mass is 273 g/mol. The van der Waals surface area contributed by atoms with Crippen molar-refractivity contribution in [1.82, 2.24) is 15.3 Å². The number of rotatable bonds is 7. The number of carbonyl (C=O) groups is 1. The molecule has 2 N–H and O–H groups in total. The van der Waals surface area contributed by atoms with E-state index in [0.29, 0.717) is 18.7 Å². The number of hydrogen-bond donors (Lipinski definition) is 2. The van der Waals surface area contributed by atoms with Crippen LogP contribution >= 0.6 is 0 Å². The van der Waals surface area contributed by atoms with Gasteiger partial charge < -0.3 is 15.0 Å². The number of ether oxygens (including phenoxy) is 1. The molecule has 0 radical (unpaired) electrons. The lowest BCUT2D eigenvalue weighted by Crippen LogP contribution is -2.38. The van der Waals surface area contributed by atoms with Gasteiger partial charge in [0.05, 0.1) is 6.33 Å². The quantitative estimate of drug-likeness (QED) is 0.810. The number of benzene rings is 1. The lowest BCUT2D eigenvalue weighted by molar-refractivity contribution is -0.128. The van der Waals surface area contributed by atoms with Crippen molar-refractivity contribution < 1.29 is 9.53 Å². The fraction of sp³-hybridized carbons (Fsp3) is 0.333. The molecule has 0 saturated heterocycles. The van der Waals surface area contributed by atoms with Crippen LogP contribution in [-0.2, 0) is 11.2 Å². The van der Waals surface area contributed by atoms with Gasteiger partial charge in [-0.2, -0.15) is 0 Å². The highest BCUT2D eigenvalue weighted by atomic mass is 16.5. The molecule has 20 heavy (non-hydrogen) atoms. The molecule has 1 unspecified atom stereocenters. The third kappa shape index (κ3) is 4.12. The number of carbonyl (C=O) groups excluding carboxylic acids is 1. The summed E-state index contributed by atoms with van der Waals surface area (Å²) < 4.78 is 5.68. The smallest absolute Gasteiger partial charge is 0.261 e. The molecule has 2 aromatic rings. The molecule has 0 spiro atoms. The van der Waals surface area contributed by atoms with Gasteiger partial charge in [0, 0.05) is 24.9 Å². The molecular formula is C15H19N3O2. The van der Waals surface area contributed by atoms with Crippen molar-refractivity contribution >= 4 is 5.91 Å². The Morgan fingerprint density at radius 2 is 2.20 bits per heavy atom. The summed E-state index contributed by atoms with van der Waals surface area (Å²) in [6, 6.07) is 9.38. The van der Waals surface area contributed by atoms with Crippen LogP contribution in [0.4, 0.5) is 0 Å². The molecule has 0 bridgehead atoms. The normalized spacial score (nSPS) is 11.8. The second-order valence-electron chi connectivity index (χ2n) is 4.45. The Balaban J connectivity index is 1.79. The minimum atomic E-state index is -0.459. The molecule has 0 aliphatic carbocycles. The first kappa shape index (κ1) is 14.1. The number of para-hydroxylation sites is 1. The van der Waals surface area contributed by atoms with Gasteiger partial charge in [-0.1, -0.05) is 25.1 Å². The highest BCUT2D eigenvalue weighted by Gasteiger charge is 2.17. The minimum Gasteiger partial charge on any atom is -0.481 e. The molecular weight excluding hydrogens is 254 g/mol. The van der Waals surface area contributed by atoms with E-state index in [9.17, 15) is 4.79 Å². The Morgan fingerprint density at radius 3 is 2.85 bits per heavy atom. The van der Waals surface area contributed by atoms with Crippen LogP contribution in [0.25, 0.3) is 0 Å². The van der Waals surface area contributed by atoms with Crippen molar-refractivity contribution in [3.63, 3.8) is 0 Å². The molecule has 0 aliphatic rings. The molecule has 0 saturated carbocycles. The van der Waals surface area contributed by atoms with Crippen molar-refractivity contribution in [3.05, 3.63) is 48.5 Å². The molecule has 1 aromatic heterocycles. The highest BCUT2D eigenvalue weighted by molar-refractivity contribution is 5.81. The molecule has 5 nitrogen and oxygen atoms in total. The van der Waals surface area contributed by atoms with Crippen molar-refractivity contribution in [2.45, 2.75) is 25.9 Å². The Labute approximate surface area is 118 Å². The molecule has 2 rings (SSSR count). The number of nitrogens with zero attached hydrogens (tertiary/aromatic N) is 1. The maximum Gasteiger partial charge on any atom is 0.261 e. The number of H-pyrrole nitrogens is 1. The van der Waals surface area contributed by atoms with Gasteiger partial charge in [0.25, 0.3) is 5.91 Å². The summed E-state index contributed by atoms with van der Waals surface area (Å²) in [7, 11) is 0. The van der Waals surface area contributed by atoms with Gasteiger partial charge in [0.2, 0.25) is 0 Å². The summed E-state index contributed by atoms with van der Waals surface area (Å²) >= 11 is 0. The van der Waals surface area contributed by atoms with Crippen LogP contribution in [0.2, 0.25) is 0 Å². The maximum absolute atomic E-state index is 12.0. The van der Waals surface area contributed by atoms with E-state index in [1.165, 1.54) is 0 Å². The van der Waals surface area contributed by atoms with E-state index in [4.69, 9.17) is 4.74 Å². The maximum atomic E-state index is 12.0. The lowest BCUT2D eigenvalue weighted by atomic mass is 10.2. The highest BCUT2D eigenvalue weighted by Crippen LogP contribution is 2.12. The zero-order valence-corrected chi connectivity index (χ0v) is 11.5. The Hall–Kier alpha value is -2.30. The number of amides is 1. The van der Waals surface area contributed by atoms with E-state index >= 15 is 0 Å². The number of aromatic amines is 1. The first-order valence-corrected chi connectivity index (χ1v) is 6.76. The van der Waals surface area contributed by atoms with Crippen LogP contribution in [0.3, 0.4) is 0 Å². The largest absolute Gasteiger partial charge is 0.481 e. The average Bonchev–Trinajstić information content (AvgIpc) is 2.99. The number of hydrogen-bond acceptors (Lipinski definition) is 3. The second-order valence-corrected chi connectivity index (χ2v) is 4.45. The Bertz CT molecular complexity index is 511. The van der Waals surface area contributed by atoms with Crippen LogP contribution in [0.1, 0.15) is 19.0 Å². The predicted molar refractivity (Wildman–Crippen MR) is 76.5 cm³/mol. The van der Waals surface area contributed by atoms with E-state index in [0.717, 1.165) is 12.1 Å². The zero-order chi connectivity index (χ0) is 14.2. The molecule has 1 heterocycles. The number of imidazole rings is 1. The van der Waals surface area contributed by atoms with Gasteiger partial charge in [0.15, 0.2) is 6.10 Å². The van der Waals surface area contributed by atoms with Crippen LogP contribution in [0.5, 0.6) is 5.75 Å². The van der Waals surface area contributed by atoms with Crippen molar-refractivity contribution in [1.29, 1.82) is 0 Å². The third-order valence-corrected chi connectivity index (χ3v) is 2.93. The van der Waals surface area contributed by atoms with Crippen LogP contribution in [-0.4, -0.2) is 28.5 Å². The van der Waals surface area contributed by atoms with Gasteiger partial charge in [-0.15, -0.1) is 0 Å². The molecule has 5 heteroatoms. The Kier molecular flexibility index (Phi) is 5.17. The average molecular weight is 273 g/mol. The third-order valence-electron chi connectivity index (χ3n) is 2.93. The molecule has 1 amide bonds. The Morgan fingerprint density at radius 1 is 1.40 bits per heavy atom. The van der Waals surface area contributed by atoms with Gasteiger partial charge >= 0.3 is 0 Å². The van der Waals surface area contributed by atoms with Crippen LogP contribution < -0.4 is 10.1 Å². The first-order chi connectivity index (χ1) is 9.79. The van der Waals surface area contributed by atoms with E-state index < -0.39 is 6.10 Å². The van der Waals surface area contributed by atoms with Crippen LogP contribution in [0.15, 0.2) is 42.9 Å². The van der Waals surface area contributed by atoms with Gasteiger partial charge in [-0.05, 0) is 18.6 Å². The standard InChI is InChI=1S/C15H19N3O2/c1-2-14(20-13-6-4-3-5-7-13)15(19)17-9-8-12-10-16-11-18-12/h3-7,10-11,14H,2,8-9H2,1H3,(H,16,18)(H,17,19). The number of nitrogens with one attached hydrogen (secondary N) is 2. The summed E-state index contributed by atoms with van der Waals surface area (Å²) in [5.41, 5.74) is 1.00. The van der Waals surface area contributed by atoms with Gasteiger partial charge in [0.1, 0.15) is 5.75 Å². The zero-order valence-electron chi connectivity index (χ0n) is 11.5. The summed E-state index contributed by atoms with van der Waals surface area (Å²) in [5.74, 6) is 0.624. The molecule has 1 atom stereocenters. The predicted octanol–water partition coefficient (Wildman–Crippen LogP) is 1.93. The van der Waals surface area contributed by atoms with Crippen molar-refractivity contribution in [3.8, 4) is 5.75 Å². The minimum absolute atomic E-state index is 0.0872. The van der Waals surface area contributed by atoms with Gasteiger partial charge in [-0.25, -0.2) is 4.98 Å². The lowest BCUT2D eigenvalue weighted by Gasteiger charge is -2.17. The summed E-state index contributed by atoms with van der Waals surface area (Å²) in [5, 5.41) is 2.88. The molecule has 0 aliphatic heterocycles. The molecule has 106 valence electrons. The molecule has 1 aromatic carbocycles. The van der Waals surface area contributed by atoms with Crippen molar-refractivity contribution in [2.75, 3.05) is 6.54 Å². The van der Waals surface area contributed by atoms with Crippen LogP contribution in [0, 0.1) is 0 Å². The summed E-state index contributed by atoms with van der Waals surface area (Å²) in [6.45, 7) is 2.50. The van der Waals surface area contributed by atoms with Gasteiger partial charge in [-0.3, -0.25) is 4.79 Å². The SMILES string of the molecule is CCC(Oc1ccccc1)C(=O)NCCc1cnc[nH]1. The summed E-state index contributed by atoms with van der Waals surface area (Å²) in [4.78, 5) is 19.0. The van der Waals surface area contributed by atoms with E-state index in [1.54, 1.807) is 12.5 Å². The topological polar surface area (TPSA) is 67.0 Å². The van der Waals surface area contributed by atoms with E-state index in [-0.39, 0.29) is 5.91 Å². The van der Waals surface area contributed by atoms with E-state index in [1.807, 2.05) is 37.3 Å². The van der Waals surface area contributed by atoms with Crippen molar-refractivity contribution in [2.24, 2.45) is 0 Å². The molecule has 0 fully saturated rings. The summed E-state index contributed by atoms with van der Waals surface area (Å²) in [6.07, 6.45) is 4.28. The number of aromatic nitrogens is 2. The fourth-order valence-corrected chi connectivity index (χ4v) is 1.84. The fourth-order valence-electron chi connectivity index (χ4n) is 1.84.